The van der Waals surface area contributed by atoms with Gasteiger partial charge in [-0.1, -0.05) is 11.6 Å². The molecule has 0 fully saturated rings. The SMILES string of the molecule is CC(C)(CN)NC(=O)CCNc1ncc(C(F)(F)F)cc1Cl. The van der Waals surface area contributed by atoms with Crippen LogP contribution in [0, 0.1) is 0 Å². The van der Waals surface area contributed by atoms with Gasteiger partial charge in [0.2, 0.25) is 5.91 Å². The summed E-state index contributed by atoms with van der Waals surface area (Å²) in [6.45, 7) is 4.04. The first kappa shape index (κ1) is 18.5. The third-order valence-corrected chi connectivity index (χ3v) is 3.09. The number of aromatic nitrogens is 1. The fourth-order valence-electron chi connectivity index (χ4n) is 1.51. The van der Waals surface area contributed by atoms with Gasteiger partial charge in [0.1, 0.15) is 5.82 Å². The van der Waals surface area contributed by atoms with Gasteiger partial charge in [-0.05, 0) is 19.9 Å². The zero-order valence-electron chi connectivity index (χ0n) is 12.2. The van der Waals surface area contributed by atoms with Crippen molar-refractivity contribution < 1.29 is 18.0 Å². The normalized spacial score (nSPS) is 12.1. The monoisotopic (exact) mass is 338 g/mol. The lowest BCUT2D eigenvalue weighted by atomic mass is 10.1. The molecular formula is C13H18ClF3N4O. The van der Waals surface area contributed by atoms with Crippen LogP contribution < -0.4 is 16.4 Å². The average Bonchev–Trinajstić information content (AvgIpc) is 2.39. The molecule has 0 aromatic carbocycles. The van der Waals surface area contributed by atoms with E-state index in [0.29, 0.717) is 12.7 Å². The van der Waals surface area contributed by atoms with Crippen LogP contribution in [-0.4, -0.2) is 29.5 Å². The number of amides is 1. The molecule has 1 aromatic heterocycles. The van der Waals surface area contributed by atoms with E-state index < -0.39 is 17.3 Å². The van der Waals surface area contributed by atoms with Crippen molar-refractivity contribution >= 4 is 23.3 Å². The summed E-state index contributed by atoms with van der Waals surface area (Å²) in [5.74, 6) is -0.133. The van der Waals surface area contributed by atoms with Crippen molar-refractivity contribution in [2.24, 2.45) is 5.73 Å². The van der Waals surface area contributed by atoms with E-state index in [4.69, 9.17) is 17.3 Å². The Hall–Kier alpha value is -1.54. The standard InChI is InChI=1S/C13H18ClF3N4O/c1-12(2,7-18)21-10(22)3-4-19-11-9(14)5-8(6-20-11)13(15,16)17/h5-6H,3-4,7,18H2,1-2H3,(H,19,20)(H,21,22). The number of halogens is 4. The zero-order valence-corrected chi connectivity index (χ0v) is 13.0. The molecule has 0 aliphatic rings. The van der Waals surface area contributed by atoms with E-state index in [-0.39, 0.29) is 29.7 Å². The first-order chi connectivity index (χ1) is 10.0. The number of alkyl halides is 3. The number of carbonyl (C=O) groups is 1. The molecule has 0 unspecified atom stereocenters. The minimum atomic E-state index is -4.50. The molecule has 0 spiro atoms. The number of nitrogens with zero attached hydrogens (tertiary/aromatic N) is 1. The molecule has 0 atom stereocenters. The van der Waals surface area contributed by atoms with Crippen molar-refractivity contribution in [3.8, 4) is 0 Å². The predicted octanol–water partition coefficient (Wildman–Crippen LogP) is 2.41. The van der Waals surface area contributed by atoms with Gasteiger partial charge in [0.05, 0.1) is 10.6 Å². The fraction of sp³-hybridized carbons (Fsp3) is 0.538. The number of carbonyl (C=O) groups excluding carboxylic acids is 1. The minimum Gasteiger partial charge on any atom is -0.368 e. The zero-order chi connectivity index (χ0) is 17.0. The van der Waals surface area contributed by atoms with Crippen LogP contribution >= 0.6 is 11.6 Å². The molecule has 0 saturated carbocycles. The van der Waals surface area contributed by atoms with Crippen LogP contribution in [0.4, 0.5) is 19.0 Å². The molecule has 1 amide bonds. The van der Waals surface area contributed by atoms with Crippen LogP contribution in [0.1, 0.15) is 25.8 Å². The number of pyridine rings is 1. The van der Waals surface area contributed by atoms with Crippen LogP contribution in [0.15, 0.2) is 12.3 Å². The quantitative estimate of drug-likeness (QED) is 0.744. The Kier molecular flexibility index (Phi) is 6.01. The molecule has 5 nitrogen and oxygen atoms in total. The summed E-state index contributed by atoms with van der Waals surface area (Å²) >= 11 is 5.74. The molecule has 4 N–H and O–H groups in total. The van der Waals surface area contributed by atoms with Crippen molar-refractivity contribution in [1.82, 2.24) is 10.3 Å². The van der Waals surface area contributed by atoms with Gasteiger partial charge >= 0.3 is 6.18 Å². The van der Waals surface area contributed by atoms with Crippen LogP contribution in [0.3, 0.4) is 0 Å². The van der Waals surface area contributed by atoms with Crippen molar-refractivity contribution in [2.45, 2.75) is 32.0 Å². The summed E-state index contributed by atoms with van der Waals surface area (Å²) < 4.78 is 37.4. The Balaban J connectivity index is 2.54. The molecule has 1 aromatic rings. The molecule has 22 heavy (non-hydrogen) atoms. The Morgan fingerprint density at radius 1 is 1.41 bits per heavy atom. The number of hydrogen-bond donors (Lipinski definition) is 3. The van der Waals surface area contributed by atoms with Gasteiger partial charge in [-0.15, -0.1) is 0 Å². The van der Waals surface area contributed by atoms with Crippen molar-refractivity contribution in [2.75, 3.05) is 18.4 Å². The van der Waals surface area contributed by atoms with E-state index in [0.717, 1.165) is 6.07 Å². The third kappa shape index (κ3) is 5.69. The van der Waals surface area contributed by atoms with Gasteiger partial charge < -0.3 is 16.4 Å². The number of nitrogens with two attached hydrogens (primary N) is 1. The van der Waals surface area contributed by atoms with E-state index >= 15 is 0 Å². The highest BCUT2D eigenvalue weighted by Crippen LogP contribution is 2.32. The van der Waals surface area contributed by atoms with Gasteiger partial charge in [0.15, 0.2) is 0 Å². The molecule has 1 rings (SSSR count). The second-order valence-electron chi connectivity index (χ2n) is 5.37. The first-order valence-electron chi connectivity index (χ1n) is 6.53. The summed E-state index contributed by atoms with van der Waals surface area (Å²) in [5.41, 5.74) is 4.06. The molecule has 0 saturated heterocycles. The van der Waals surface area contributed by atoms with E-state index in [1.54, 1.807) is 13.8 Å². The molecule has 0 aliphatic heterocycles. The maximum Gasteiger partial charge on any atom is 0.417 e. The highest BCUT2D eigenvalue weighted by Gasteiger charge is 2.31. The van der Waals surface area contributed by atoms with Gasteiger partial charge in [0.25, 0.3) is 0 Å². The van der Waals surface area contributed by atoms with Crippen molar-refractivity contribution in [3.63, 3.8) is 0 Å². The molecule has 9 heteroatoms. The van der Waals surface area contributed by atoms with E-state index in [1.807, 2.05) is 0 Å². The number of anilines is 1. The maximum atomic E-state index is 12.5. The summed E-state index contributed by atoms with van der Waals surface area (Å²) in [4.78, 5) is 15.3. The number of nitrogens with one attached hydrogen (secondary N) is 2. The van der Waals surface area contributed by atoms with E-state index in [2.05, 4.69) is 15.6 Å². The number of hydrogen-bond acceptors (Lipinski definition) is 4. The molecule has 0 radical (unpaired) electrons. The molecular weight excluding hydrogens is 321 g/mol. The fourth-order valence-corrected chi connectivity index (χ4v) is 1.74. The van der Waals surface area contributed by atoms with Gasteiger partial charge in [-0.2, -0.15) is 13.2 Å². The first-order valence-corrected chi connectivity index (χ1v) is 6.90. The average molecular weight is 339 g/mol. The Morgan fingerprint density at radius 3 is 2.55 bits per heavy atom. The molecule has 0 aliphatic carbocycles. The lowest BCUT2D eigenvalue weighted by Crippen LogP contribution is -2.49. The van der Waals surface area contributed by atoms with Crippen molar-refractivity contribution in [1.29, 1.82) is 0 Å². The third-order valence-electron chi connectivity index (χ3n) is 2.80. The lowest BCUT2D eigenvalue weighted by Gasteiger charge is -2.24. The number of rotatable bonds is 6. The Morgan fingerprint density at radius 2 is 2.05 bits per heavy atom. The van der Waals surface area contributed by atoms with Crippen LogP contribution in [0.25, 0.3) is 0 Å². The highest BCUT2D eigenvalue weighted by molar-refractivity contribution is 6.32. The van der Waals surface area contributed by atoms with Crippen LogP contribution in [0.5, 0.6) is 0 Å². The van der Waals surface area contributed by atoms with Gasteiger partial charge in [-0.25, -0.2) is 4.98 Å². The van der Waals surface area contributed by atoms with Gasteiger partial charge in [-0.3, -0.25) is 4.79 Å². The maximum absolute atomic E-state index is 12.5. The largest absolute Gasteiger partial charge is 0.417 e. The Bertz CT molecular complexity index is 535. The van der Waals surface area contributed by atoms with E-state index in [9.17, 15) is 18.0 Å². The lowest BCUT2D eigenvalue weighted by molar-refractivity contribution is -0.137. The van der Waals surface area contributed by atoms with Crippen LogP contribution in [0.2, 0.25) is 5.02 Å². The molecule has 124 valence electrons. The van der Waals surface area contributed by atoms with Gasteiger partial charge in [0, 0.05) is 31.2 Å². The minimum absolute atomic E-state index is 0.0977. The Labute approximate surface area is 131 Å². The molecule has 1 heterocycles. The summed E-state index contributed by atoms with van der Waals surface area (Å²) in [6, 6.07) is 0.786. The summed E-state index contributed by atoms with van der Waals surface area (Å²) in [7, 11) is 0. The second-order valence-corrected chi connectivity index (χ2v) is 5.77. The van der Waals surface area contributed by atoms with Crippen LogP contribution in [-0.2, 0) is 11.0 Å². The predicted molar refractivity (Wildman–Crippen MR) is 78.6 cm³/mol. The summed E-state index contributed by atoms with van der Waals surface area (Å²) in [5, 5.41) is 5.30. The smallest absolute Gasteiger partial charge is 0.368 e. The topological polar surface area (TPSA) is 80.0 Å². The van der Waals surface area contributed by atoms with E-state index in [1.165, 1.54) is 0 Å². The second kappa shape index (κ2) is 7.15. The molecule has 0 bridgehead atoms. The summed E-state index contributed by atoms with van der Waals surface area (Å²) in [6.07, 6.45) is -3.70. The highest BCUT2D eigenvalue weighted by atomic mass is 35.5. The van der Waals surface area contributed by atoms with Crippen molar-refractivity contribution in [3.05, 3.63) is 22.8 Å².